The van der Waals surface area contributed by atoms with Gasteiger partial charge in [-0.2, -0.15) is 5.26 Å². The summed E-state index contributed by atoms with van der Waals surface area (Å²) in [6, 6.07) is 14.0. The number of nitriles is 1. The van der Waals surface area contributed by atoms with Gasteiger partial charge >= 0.3 is 0 Å². The van der Waals surface area contributed by atoms with Crippen LogP contribution in [0.2, 0.25) is 0 Å². The number of aromatic nitrogens is 1. The van der Waals surface area contributed by atoms with E-state index in [0.29, 0.717) is 5.56 Å². The Hall–Kier alpha value is -2.18. The molecule has 90 valence electrons. The Bertz CT molecular complexity index is 526. The molecule has 2 rings (SSSR count). The average molecular weight is 237 g/mol. The molecule has 1 aromatic carbocycles. The molecule has 0 radical (unpaired) electrons. The van der Waals surface area contributed by atoms with Gasteiger partial charge in [-0.3, -0.25) is 4.98 Å². The van der Waals surface area contributed by atoms with Gasteiger partial charge in [0, 0.05) is 25.0 Å². The number of hydrogen-bond donors (Lipinski definition) is 1. The molecule has 0 spiro atoms. The van der Waals surface area contributed by atoms with E-state index in [2.05, 4.69) is 29.4 Å². The Morgan fingerprint density at radius 1 is 1.28 bits per heavy atom. The first-order chi connectivity index (χ1) is 8.79. The molecule has 0 saturated heterocycles. The highest BCUT2D eigenvalue weighted by molar-refractivity contribution is 5.31. The van der Waals surface area contributed by atoms with Crippen LogP contribution in [0, 0.1) is 11.3 Å². The SMILES string of the molecule is CC(NCc1ccc(C#N)cc1)c1cccnc1. The van der Waals surface area contributed by atoms with Crippen molar-refractivity contribution in [3.05, 3.63) is 65.5 Å². The molecule has 0 fully saturated rings. The maximum absolute atomic E-state index is 8.72. The van der Waals surface area contributed by atoms with Crippen molar-refractivity contribution in [1.29, 1.82) is 5.26 Å². The van der Waals surface area contributed by atoms with Gasteiger partial charge in [0.25, 0.3) is 0 Å². The second kappa shape index (κ2) is 5.95. The van der Waals surface area contributed by atoms with Crippen LogP contribution < -0.4 is 5.32 Å². The zero-order chi connectivity index (χ0) is 12.8. The smallest absolute Gasteiger partial charge is 0.0991 e. The normalized spacial score (nSPS) is 11.8. The summed E-state index contributed by atoms with van der Waals surface area (Å²) in [6.45, 7) is 2.89. The largest absolute Gasteiger partial charge is 0.306 e. The second-order valence-electron chi connectivity index (χ2n) is 4.20. The van der Waals surface area contributed by atoms with Gasteiger partial charge in [0.05, 0.1) is 11.6 Å². The summed E-state index contributed by atoms with van der Waals surface area (Å²) in [6.07, 6.45) is 3.65. The first-order valence-corrected chi connectivity index (χ1v) is 5.92. The summed E-state index contributed by atoms with van der Waals surface area (Å²) in [5, 5.41) is 12.2. The Kier molecular flexibility index (Phi) is 4.06. The molecule has 0 aliphatic heterocycles. The maximum atomic E-state index is 8.72. The third-order valence-corrected chi connectivity index (χ3v) is 2.88. The van der Waals surface area contributed by atoms with Crippen LogP contribution in [0.5, 0.6) is 0 Å². The molecule has 18 heavy (non-hydrogen) atoms. The van der Waals surface area contributed by atoms with Crippen molar-refractivity contribution in [1.82, 2.24) is 10.3 Å². The van der Waals surface area contributed by atoms with Crippen LogP contribution >= 0.6 is 0 Å². The van der Waals surface area contributed by atoms with E-state index in [1.54, 1.807) is 6.20 Å². The fourth-order valence-corrected chi connectivity index (χ4v) is 1.72. The number of nitrogens with one attached hydrogen (secondary N) is 1. The van der Waals surface area contributed by atoms with Crippen molar-refractivity contribution < 1.29 is 0 Å². The first kappa shape index (κ1) is 12.3. The third kappa shape index (κ3) is 3.16. The van der Waals surface area contributed by atoms with Gasteiger partial charge in [0.1, 0.15) is 0 Å². The molecule has 1 atom stereocenters. The summed E-state index contributed by atoms with van der Waals surface area (Å²) >= 11 is 0. The summed E-state index contributed by atoms with van der Waals surface area (Å²) in [5.41, 5.74) is 3.04. The van der Waals surface area contributed by atoms with Gasteiger partial charge in [0.2, 0.25) is 0 Å². The Labute approximate surface area is 107 Å². The maximum Gasteiger partial charge on any atom is 0.0991 e. The summed E-state index contributed by atoms with van der Waals surface area (Å²) in [5.74, 6) is 0. The molecule has 0 bridgehead atoms. The first-order valence-electron chi connectivity index (χ1n) is 5.92. The molecule has 2 aromatic rings. The number of pyridine rings is 1. The monoisotopic (exact) mass is 237 g/mol. The van der Waals surface area contributed by atoms with Crippen molar-refractivity contribution in [2.75, 3.05) is 0 Å². The minimum absolute atomic E-state index is 0.259. The predicted molar refractivity (Wildman–Crippen MR) is 70.6 cm³/mol. The quantitative estimate of drug-likeness (QED) is 0.889. The highest BCUT2D eigenvalue weighted by Crippen LogP contribution is 2.11. The van der Waals surface area contributed by atoms with E-state index in [4.69, 9.17) is 5.26 Å². The van der Waals surface area contributed by atoms with Gasteiger partial charge < -0.3 is 5.32 Å². The lowest BCUT2D eigenvalue weighted by Crippen LogP contribution is -2.18. The van der Waals surface area contributed by atoms with Crippen molar-refractivity contribution in [3.63, 3.8) is 0 Å². The van der Waals surface area contributed by atoms with Crippen molar-refractivity contribution in [3.8, 4) is 6.07 Å². The minimum Gasteiger partial charge on any atom is -0.306 e. The van der Waals surface area contributed by atoms with Crippen LogP contribution in [-0.4, -0.2) is 4.98 Å². The molecule has 0 aliphatic carbocycles. The third-order valence-electron chi connectivity index (χ3n) is 2.88. The lowest BCUT2D eigenvalue weighted by atomic mass is 10.1. The molecule has 0 aliphatic rings. The summed E-state index contributed by atoms with van der Waals surface area (Å²) in [7, 11) is 0. The van der Waals surface area contributed by atoms with Gasteiger partial charge in [-0.05, 0) is 36.2 Å². The zero-order valence-electron chi connectivity index (χ0n) is 10.3. The zero-order valence-corrected chi connectivity index (χ0v) is 10.3. The molecular formula is C15H15N3. The Morgan fingerprint density at radius 3 is 2.67 bits per heavy atom. The van der Waals surface area contributed by atoms with E-state index < -0.39 is 0 Å². The summed E-state index contributed by atoms with van der Waals surface area (Å²) < 4.78 is 0. The molecule has 1 unspecified atom stereocenters. The Balaban J connectivity index is 1.93. The fraction of sp³-hybridized carbons (Fsp3) is 0.200. The lowest BCUT2D eigenvalue weighted by Gasteiger charge is -2.13. The van der Waals surface area contributed by atoms with Crippen molar-refractivity contribution >= 4 is 0 Å². The van der Waals surface area contributed by atoms with Gasteiger partial charge in [-0.25, -0.2) is 0 Å². The van der Waals surface area contributed by atoms with E-state index >= 15 is 0 Å². The van der Waals surface area contributed by atoms with Gasteiger partial charge in [-0.15, -0.1) is 0 Å². The minimum atomic E-state index is 0.259. The molecule has 1 aromatic heterocycles. The number of benzene rings is 1. The highest BCUT2D eigenvalue weighted by Gasteiger charge is 2.04. The number of hydrogen-bond acceptors (Lipinski definition) is 3. The second-order valence-corrected chi connectivity index (χ2v) is 4.20. The van der Waals surface area contributed by atoms with E-state index in [-0.39, 0.29) is 6.04 Å². The predicted octanol–water partition coefficient (Wildman–Crippen LogP) is 2.80. The lowest BCUT2D eigenvalue weighted by molar-refractivity contribution is 0.573. The van der Waals surface area contributed by atoms with E-state index in [0.717, 1.165) is 6.54 Å². The van der Waals surface area contributed by atoms with Crippen LogP contribution in [0.3, 0.4) is 0 Å². The summed E-state index contributed by atoms with van der Waals surface area (Å²) in [4.78, 5) is 4.11. The van der Waals surface area contributed by atoms with Crippen molar-refractivity contribution in [2.24, 2.45) is 0 Å². The van der Waals surface area contributed by atoms with E-state index in [1.807, 2.05) is 36.5 Å². The highest BCUT2D eigenvalue weighted by atomic mass is 14.9. The standard InChI is InChI=1S/C15H15N3/c1-12(15-3-2-8-17-11-15)18-10-14-6-4-13(9-16)5-7-14/h2-8,11-12,18H,10H2,1H3. The van der Waals surface area contributed by atoms with Crippen LogP contribution in [0.1, 0.15) is 29.7 Å². The Morgan fingerprint density at radius 2 is 2.06 bits per heavy atom. The van der Waals surface area contributed by atoms with Gasteiger partial charge in [-0.1, -0.05) is 18.2 Å². The van der Waals surface area contributed by atoms with Crippen LogP contribution in [0.15, 0.2) is 48.8 Å². The van der Waals surface area contributed by atoms with Crippen LogP contribution in [0.25, 0.3) is 0 Å². The molecule has 0 saturated carbocycles. The average Bonchev–Trinajstić information content (AvgIpc) is 2.46. The molecule has 1 N–H and O–H groups in total. The van der Waals surface area contributed by atoms with Gasteiger partial charge in [0.15, 0.2) is 0 Å². The molecular weight excluding hydrogens is 222 g/mol. The molecule has 3 heteroatoms. The molecule has 1 heterocycles. The van der Waals surface area contributed by atoms with Crippen LogP contribution in [0.4, 0.5) is 0 Å². The molecule has 3 nitrogen and oxygen atoms in total. The molecule has 0 amide bonds. The number of nitrogens with zero attached hydrogens (tertiary/aromatic N) is 2. The van der Waals surface area contributed by atoms with E-state index in [1.165, 1.54) is 11.1 Å². The van der Waals surface area contributed by atoms with Crippen molar-refractivity contribution in [2.45, 2.75) is 19.5 Å². The fourth-order valence-electron chi connectivity index (χ4n) is 1.72. The topological polar surface area (TPSA) is 48.7 Å². The van der Waals surface area contributed by atoms with Crippen LogP contribution in [-0.2, 0) is 6.54 Å². The number of rotatable bonds is 4. The van der Waals surface area contributed by atoms with E-state index in [9.17, 15) is 0 Å².